The van der Waals surface area contributed by atoms with E-state index in [2.05, 4.69) is 40.6 Å². The van der Waals surface area contributed by atoms with Gasteiger partial charge in [-0.25, -0.2) is 0 Å². The number of ketones is 1. The monoisotopic (exact) mass is 360 g/mol. The molecule has 4 aromatic rings. The van der Waals surface area contributed by atoms with Crippen molar-refractivity contribution >= 4 is 33.4 Å². The zero-order valence-electron chi connectivity index (χ0n) is 15.0. The van der Waals surface area contributed by atoms with Crippen LogP contribution in [0.1, 0.15) is 33.1 Å². The number of carbonyl (C=O) groups excluding carboxylic acids is 1. The van der Waals surface area contributed by atoms with Crippen molar-refractivity contribution < 1.29 is 4.79 Å². The van der Waals surface area contributed by atoms with E-state index in [1.807, 2.05) is 42.5 Å². The molecule has 1 aliphatic carbocycles. The minimum atomic E-state index is -0.0840. The molecule has 0 fully saturated rings. The second-order valence-corrected chi connectivity index (χ2v) is 7.23. The summed E-state index contributed by atoms with van der Waals surface area (Å²) < 4.78 is 0. The van der Waals surface area contributed by atoms with Crippen LogP contribution in [0.3, 0.4) is 0 Å². The first-order valence-corrected chi connectivity index (χ1v) is 9.40. The minimum absolute atomic E-state index is 0.0840. The van der Waals surface area contributed by atoms with Gasteiger partial charge in [0, 0.05) is 34.8 Å². The minimum Gasteiger partial charge on any atom is -0.374 e. The maximum atomic E-state index is 13.5. The molecule has 28 heavy (non-hydrogen) atoms. The topological polar surface area (TPSA) is 42.0 Å². The van der Waals surface area contributed by atoms with Crippen LogP contribution in [-0.4, -0.2) is 10.8 Å². The van der Waals surface area contributed by atoms with E-state index in [9.17, 15) is 4.79 Å². The van der Waals surface area contributed by atoms with E-state index < -0.39 is 0 Å². The molecule has 0 radical (unpaired) electrons. The Bertz CT molecular complexity index is 1300. The molecule has 2 heterocycles. The number of rotatable bonds is 1. The van der Waals surface area contributed by atoms with Crippen molar-refractivity contribution in [1.82, 2.24) is 4.98 Å². The van der Waals surface area contributed by atoms with Gasteiger partial charge in [0.1, 0.15) is 0 Å². The number of aromatic nitrogens is 1. The van der Waals surface area contributed by atoms with Gasteiger partial charge < -0.3 is 5.32 Å². The lowest BCUT2D eigenvalue weighted by atomic mass is 9.84. The standard InChI is InChI=1S/C25H16N2O/c28-25-19-8-4-3-7-18(19)22-23(25)21-17-6-2-1-5-15(17)9-10-20(21)27-24(22)16-11-13-26-14-12-16/h1-14,24,27H/t24-/m1/s1. The van der Waals surface area contributed by atoms with E-state index in [-0.39, 0.29) is 11.8 Å². The maximum Gasteiger partial charge on any atom is 0.194 e. The average Bonchev–Trinajstić information content (AvgIpc) is 3.07. The van der Waals surface area contributed by atoms with E-state index in [0.29, 0.717) is 0 Å². The summed E-state index contributed by atoms with van der Waals surface area (Å²) in [6.07, 6.45) is 3.60. The highest BCUT2D eigenvalue weighted by atomic mass is 16.1. The number of Topliss-reactive ketones (excluding diaryl/α,β-unsaturated/α-hetero) is 1. The van der Waals surface area contributed by atoms with Gasteiger partial charge in [0.05, 0.1) is 6.04 Å². The third-order valence-electron chi connectivity index (χ3n) is 5.77. The van der Waals surface area contributed by atoms with Gasteiger partial charge in [0.15, 0.2) is 5.78 Å². The Morgan fingerprint density at radius 2 is 1.54 bits per heavy atom. The van der Waals surface area contributed by atoms with Crippen LogP contribution in [0.2, 0.25) is 0 Å². The highest BCUT2D eigenvalue weighted by Gasteiger charge is 2.39. The van der Waals surface area contributed by atoms with Gasteiger partial charge >= 0.3 is 0 Å². The molecule has 132 valence electrons. The zero-order valence-corrected chi connectivity index (χ0v) is 15.0. The van der Waals surface area contributed by atoms with Crippen molar-refractivity contribution in [3.8, 4) is 0 Å². The number of carbonyl (C=O) groups is 1. The Hall–Kier alpha value is -3.72. The van der Waals surface area contributed by atoms with Crippen LogP contribution < -0.4 is 5.32 Å². The molecule has 1 aromatic heterocycles. The third-order valence-corrected chi connectivity index (χ3v) is 5.77. The number of benzene rings is 3. The van der Waals surface area contributed by atoms with Gasteiger partial charge in [-0.15, -0.1) is 0 Å². The summed E-state index contributed by atoms with van der Waals surface area (Å²) in [6.45, 7) is 0. The van der Waals surface area contributed by atoms with Gasteiger partial charge in [-0.3, -0.25) is 9.78 Å². The molecule has 6 rings (SSSR count). The maximum absolute atomic E-state index is 13.5. The fraction of sp³-hybridized carbons (Fsp3) is 0.0400. The number of nitrogens with zero attached hydrogens (tertiary/aromatic N) is 1. The highest BCUT2D eigenvalue weighted by Crippen LogP contribution is 2.52. The Morgan fingerprint density at radius 1 is 0.786 bits per heavy atom. The number of nitrogens with one attached hydrogen (secondary N) is 1. The molecule has 0 saturated heterocycles. The fourth-order valence-corrected chi connectivity index (χ4v) is 4.55. The summed E-state index contributed by atoms with van der Waals surface area (Å²) in [6, 6.07) is 24.3. The van der Waals surface area contributed by atoms with E-state index >= 15 is 0 Å². The number of allylic oxidation sites excluding steroid dienone is 1. The molecular weight excluding hydrogens is 344 g/mol. The zero-order chi connectivity index (χ0) is 18.7. The lowest BCUT2D eigenvalue weighted by molar-refractivity contribution is 0.105. The van der Waals surface area contributed by atoms with E-state index in [4.69, 9.17) is 0 Å². The van der Waals surface area contributed by atoms with Crippen molar-refractivity contribution in [3.63, 3.8) is 0 Å². The highest BCUT2D eigenvalue weighted by molar-refractivity contribution is 6.43. The van der Waals surface area contributed by atoms with Crippen LogP contribution in [0.25, 0.3) is 21.9 Å². The Balaban J connectivity index is 1.72. The molecule has 0 spiro atoms. The van der Waals surface area contributed by atoms with Crippen molar-refractivity contribution in [1.29, 1.82) is 0 Å². The van der Waals surface area contributed by atoms with Crippen molar-refractivity contribution in [2.45, 2.75) is 6.04 Å². The number of fused-ring (bicyclic) bond motifs is 6. The third kappa shape index (κ3) is 1.99. The molecule has 0 unspecified atom stereocenters. The quantitative estimate of drug-likeness (QED) is 0.487. The smallest absolute Gasteiger partial charge is 0.194 e. The normalized spacial score (nSPS) is 17.1. The van der Waals surface area contributed by atoms with Crippen molar-refractivity contribution in [3.05, 3.63) is 107 Å². The average molecular weight is 360 g/mol. The molecule has 1 aliphatic heterocycles. The second-order valence-electron chi connectivity index (χ2n) is 7.23. The number of hydrogen-bond acceptors (Lipinski definition) is 3. The van der Waals surface area contributed by atoms with Crippen LogP contribution in [0.5, 0.6) is 0 Å². The van der Waals surface area contributed by atoms with Gasteiger partial charge in [-0.2, -0.15) is 0 Å². The first-order chi connectivity index (χ1) is 13.8. The Kier molecular flexibility index (Phi) is 3.09. The molecule has 1 atom stereocenters. The molecular formula is C25H16N2O. The summed E-state index contributed by atoms with van der Waals surface area (Å²) >= 11 is 0. The fourth-order valence-electron chi connectivity index (χ4n) is 4.55. The summed E-state index contributed by atoms with van der Waals surface area (Å²) in [5.74, 6) is 0.115. The largest absolute Gasteiger partial charge is 0.374 e. The van der Waals surface area contributed by atoms with E-state index in [0.717, 1.165) is 49.9 Å². The molecule has 3 aromatic carbocycles. The Labute approximate surface area is 162 Å². The molecule has 2 aliphatic rings. The lowest BCUT2D eigenvalue weighted by Crippen LogP contribution is -2.19. The summed E-state index contributed by atoms with van der Waals surface area (Å²) in [5.41, 5.74) is 6.82. The molecule has 0 saturated carbocycles. The molecule has 3 nitrogen and oxygen atoms in total. The van der Waals surface area contributed by atoms with Gasteiger partial charge in [0.2, 0.25) is 0 Å². The van der Waals surface area contributed by atoms with Crippen LogP contribution in [0, 0.1) is 0 Å². The number of pyridine rings is 1. The predicted octanol–water partition coefficient (Wildman–Crippen LogP) is 5.51. The van der Waals surface area contributed by atoms with Gasteiger partial charge in [0.25, 0.3) is 0 Å². The van der Waals surface area contributed by atoms with Crippen LogP contribution in [-0.2, 0) is 0 Å². The van der Waals surface area contributed by atoms with Gasteiger partial charge in [-0.1, -0.05) is 54.6 Å². The van der Waals surface area contributed by atoms with Crippen LogP contribution in [0.15, 0.2) is 85.2 Å². The predicted molar refractivity (Wildman–Crippen MR) is 112 cm³/mol. The van der Waals surface area contributed by atoms with E-state index in [1.165, 1.54) is 0 Å². The SMILES string of the molecule is O=C1C2=C(c3ccccc31)[C@@H](c1ccncc1)Nc1ccc3ccccc3c12. The molecule has 1 N–H and O–H groups in total. The summed E-state index contributed by atoms with van der Waals surface area (Å²) in [5, 5.41) is 5.95. The van der Waals surface area contributed by atoms with Crippen LogP contribution >= 0.6 is 0 Å². The van der Waals surface area contributed by atoms with Crippen LogP contribution in [0.4, 0.5) is 5.69 Å². The molecule has 0 bridgehead atoms. The molecule has 3 heteroatoms. The Morgan fingerprint density at radius 3 is 2.39 bits per heavy atom. The number of hydrogen-bond donors (Lipinski definition) is 1. The molecule has 0 amide bonds. The van der Waals surface area contributed by atoms with Gasteiger partial charge in [-0.05, 0) is 45.7 Å². The van der Waals surface area contributed by atoms with E-state index in [1.54, 1.807) is 12.4 Å². The first-order valence-electron chi connectivity index (χ1n) is 9.40. The second kappa shape index (κ2) is 5.64. The van der Waals surface area contributed by atoms with Crippen molar-refractivity contribution in [2.75, 3.05) is 5.32 Å². The lowest BCUT2D eigenvalue weighted by Gasteiger charge is -2.30. The number of anilines is 1. The first kappa shape index (κ1) is 15.3. The van der Waals surface area contributed by atoms with Crippen molar-refractivity contribution in [2.24, 2.45) is 0 Å². The summed E-state index contributed by atoms with van der Waals surface area (Å²) in [4.78, 5) is 17.7. The summed E-state index contributed by atoms with van der Waals surface area (Å²) in [7, 11) is 0.